The van der Waals surface area contributed by atoms with Crippen molar-refractivity contribution in [1.29, 1.82) is 0 Å². The maximum atomic E-state index is 13.3. The molecule has 1 heterocycles. The van der Waals surface area contributed by atoms with Gasteiger partial charge in [-0.05, 0) is 60.9 Å². The number of nitrogens with one attached hydrogen (secondary N) is 2. The molecule has 4 N–H and O–H groups in total. The van der Waals surface area contributed by atoms with Crippen LogP contribution in [0.3, 0.4) is 0 Å². The van der Waals surface area contributed by atoms with E-state index in [1.165, 1.54) is 22.6 Å². The zero-order valence-corrected chi connectivity index (χ0v) is 18.4. The molecule has 1 aliphatic heterocycles. The van der Waals surface area contributed by atoms with E-state index in [0.29, 0.717) is 24.9 Å². The van der Waals surface area contributed by atoms with E-state index in [2.05, 4.69) is 16.7 Å². The first kappa shape index (κ1) is 22.6. The Balaban J connectivity index is 1.47. The van der Waals surface area contributed by atoms with E-state index in [9.17, 15) is 24.6 Å². The Bertz CT molecular complexity index is 1020. The number of fused-ring (bicyclic) bond motifs is 1. The summed E-state index contributed by atoms with van der Waals surface area (Å²) in [4.78, 5) is 39.4. The topological polar surface area (TPSA) is 119 Å². The lowest BCUT2D eigenvalue weighted by Crippen LogP contribution is -2.54. The monoisotopic (exact) mass is 451 g/mol. The highest BCUT2D eigenvalue weighted by molar-refractivity contribution is 5.92. The molecule has 33 heavy (non-hydrogen) atoms. The lowest BCUT2D eigenvalue weighted by Gasteiger charge is -2.31. The summed E-state index contributed by atoms with van der Waals surface area (Å²) in [5.41, 5.74) is 3.08. The minimum Gasteiger partial charge on any atom is -0.508 e. The molecule has 1 fully saturated rings. The van der Waals surface area contributed by atoms with Gasteiger partial charge in [-0.25, -0.2) is 4.79 Å². The summed E-state index contributed by atoms with van der Waals surface area (Å²) in [5.74, 6) is -0.512. The fraction of sp³-hybridized carbons (Fsp3) is 0.400. The van der Waals surface area contributed by atoms with E-state index >= 15 is 0 Å². The maximum Gasteiger partial charge on any atom is 0.405 e. The lowest BCUT2D eigenvalue weighted by atomic mass is 9.87. The van der Waals surface area contributed by atoms with Gasteiger partial charge in [-0.3, -0.25) is 9.59 Å². The second kappa shape index (κ2) is 9.94. The smallest absolute Gasteiger partial charge is 0.405 e. The average Bonchev–Trinajstić information content (AvgIpc) is 3.30. The molecule has 2 aromatic carbocycles. The summed E-state index contributed by atoms with van der Waals surface area (Å²) in [6.07, 6.45) is 2.91. The number of carboxylic acid groups (broad SMARTS) is 1. The number of likely N-dealkylation sites (tertiary alicyclic amines) is 1. The van der Waals surface area contributed by atoms with Gasteiger partial charge in [0.2, 0.25) is 11.8 Å². The van der Waals surface area contributed by atoms with Crippen molar-refractivity contribution >= 4 is 17.9 Å². The van der Waals surface area contributed by atoms with Crippen LogP contribution < -0.4 is 10.6 Å². The Kier molecular flexibility index (Phi) is 6.82. The molecule has 0 unspecified atom stereocenters. The van der Waals surface area contributed by atoms with Gasteiger partial charge < -0.3 is 25.7 Å². The molecule has 1 aliphatic carbocycles. The largest absolute Gasteiger partial charge is 0.508 e. The molecule has 0 spiro atoms. The van der Waals surface area contributed by atoms with Crippen LogP contribution in [0, 0.1) is 0 Å². The Morgan fingerprint density at radius 2 is 1.79 bits per heavy atom. The van der Waals surface area contributed by atoms with Gasteiger partial charge in [0.25, 0.3) is 0 Å². The number of hydrogen-bond acceptors (Lipinski definition) is 4. The second-order valence-corrected chi connectivity index (χ2v) is 8.71. The van der Waals surface area contributed by atoms with Crippen molar-refractivity contribution in [1.82, 2.24) is 15.5 Å². The van der Waals surface area contributed by atoms with Gasteiger partial charge >= 0.3 is 6.09 Å². The van der Waals surface area contributed by atoms with Crippen LogP contribution in [0.5, 0.6) is 5.75 Å². The number of phenols is 1. The van der Waals surface area contributed by atoms with Crippen molar-refractivity contribution in [3.8, 4) is 5.75 Å². The summed E-state index contributed by atoms with van der Waals surface area (Å²) >= 11 is 0. The molecule has 4 rings (SSSR count). The molecule has 8 heteroatoms. The molecular weight excluding hydrogens is 422 g/mol. The maximum absolute atomic E-state index is 13.3. The molecule has 0 radical (unpaired) electrons. The first-order valence-corrected chi connectivity index (χ1v) is 11.4. The van der Waals surface area contributed by atoms with Crippen molar-refractivity contribution in [2.45, 2.75) is 56.7 Å². The number of rotatable bonds is 6. The number of hydrogen-bond donors (Lipinski definition) is 4. The first-order valence-electron chi connectivity index (χ1n) is 11.4. The van der Waals surface area contributed by atoms with Crippen LogP contribution in [0.15, 0.2) is 48.5 Å². The predicted octanol–water partition coefficient (Wildman–Crippen LogP) is 2.76. The third-order valence-electron chi connectivity index (χ3n) is 6.50. The number of aryl methyl sites for hydroxylation is 1. The van der Waals surface area contributed by atoms with Crippen molar-refractivity contribution in [2.75, 3.05) is 6.54 Å². The Morgan fingerprint density at radius 3 is 2.55 bits per heavy atom. The van der Waals surface area contributed by atoms with Crippen LogP contribution in [0.25, 0.3) is 0 Å². The van der Waals surface area contributed by atoms with Crippen LogP contribution >= 0.6 is 0 Å². The molecule has 2 aliphatic rings. The summed E-state index contributed by atoms with van der Waals surface area (Å²) in [6, 6.07) is 12.7. The molecule has 0 aromatic heterocycles. The van der Waals surface area contributed by atoms with E-state index in [1.54, 1.807) is 12.1 Å². The molecule has 3 amide bonds. The van der Waals surface area contributed by atoms with Gasteiger partial charge in [-0.2, -0.15) is 0 Å². The highest BCUT2D eigenvalue weighted by atomic mass is 16.4. The first-order chi connectivity index (χ1) is 15.9. The minimum absolute atomic E-state index is 0.0788. The van der Waals surface area contributed by atoms with E-state index in [-0.39, 0.29) is 24.1 Å². The van der Waals surface area contributed by atoms with Crippen LogP contribution in [0.1, 0.15) is 48.4 Å². The SMILES string of the molecule is O=C(O)N[C@@H](Cc1ccc(O)cc1)C(=O)N1CCC[C@H]1C(=O)N[C@@H]1CCCc2ccccc21. The highest BCUT2D eigenvalue weighted by Crippen LogP contribution is 2.30. The minimum atomic E-state index is -1.30. The van der Waals surface area contributed by atoms with Gasteiger partial charge in [0.05, 0.1) is 6.04 Å². The molecule has 2 aromatic rings. The van der Waals surface area contributed by atoms with Gasteiger partial charge in [0.15, 0.2) is 0 Å². The summed E-state index contributed by atoms with van der Waals surface area (Å²) < 4.78 is 0. The van der Waals surface area contributed by atoms with Gasteiger partial charge in [0.1, 0.15) is 17.8 Å². The molecular formula is C25H29N3O5. The molecule has 174 valence electrons. The van der Waals surface area contributed by atoms with E-state index < -0.39 is 24.1 Å². The van der Waals surface area contributed by atoms with Gasteiger partial charge in [0, 0.05) is 13.0 Å². The Hall–Kier alpha value is -3.55. The van der Waals surface area contributed by atoms with E-state index in [1.807, 2.05) is 18.2 Å². The summed E-state index contributed by atoms with van der Waals surface area (Å²) in [7, 11) is 0. The number of benzene rings is 2. The second-order valence-electron chi connectivity index (χ2n) is 8.71. The zero-order chi connectivity index (χ0) is 23.4. The zero-order valence-electron chi connectivity index (χ0n) is 18.4. The normalized spacial score (nSPS) is 20.5. The third kappa shape index (κ3) is 5.27. The summed E-state index contributed by atoms with van der Waals surface area (Å²) in [6.45, 7) is 0.408. The third-order valence-corrected chi connectivity index (χ3v) is 6.50. The number of amides is 3. The van der Waals surface area contributed by atoms with Crippen molar-refractivity contribution in [2.24, 2.45) is 0 Å². The fourth-order valence-corrected chi connectivity index (χ4v) is 4.89. The number of carbonyl (C=O) groups is 3. The van der Waals surface area contributed by atoms with E-state index in [0.717, 1.165) is 24.8 Å². The summed E-state index contributed by atoms with van der Waals surface area (Å²) in [5, 5.41) is 24.2. The van der Waals surface area contributed by atoms with E-state index in [4.69, 9.17) is 0 Å². The van der Waals surface area contributed by atoms with Crippen LogP contribution in [0.2, 0.25) is 0 Å². The number of nitrogens with zero attached hydrogens (tertiary/aromatic N) is 1. The number of phenolic OH excluding ortho intramolecular Hbond substituents is 1. The number of carbonyl (C=O) groups excluding carboxylic acids is 2. The van der Waals surface area contributed by atoms with Crippen molar-refractivity contribution < 1.29 is 24.6 Å². The molecule has 0 saturated carbocycles. The Morgan fingerprint density at radius 1 is 1.03 bits per heavy atom. The fourth-order valence-electron chi connectivity index (χ4n) is 4.89. The standard InChI is InChI=1S/C25H29N3O5/c29-18-12-10-16(11-13-18)15-21(27-25(32)33)24(31)28-14-4-9-22(28)23(30)26-20-8-3-6-17-5-1-2-7-19(17)20/h1-2,5,7,10-13,20-22,27,29H,3-4,6,8-9,14-15H2,(H,26,30)(H,32,33)/t20-,21+,22+/m1/s1. The van der Waals surface area contributed by atoms with Crippen molar-refractivity contribution in [3.63, 3.8) is 0 Å². The number of aromatic hydroxyl groups is 1. The van der Waals surface area contributed by atoms with Gasteiger partial charge in [-0.15, -0.1) is 0 Å². The van der Waals surface area contributed by atoms with Crippen LogP contribution in [-0.2, 0) is 22.4 Å². The van der Waals surface area contributed by atoms with Gasteiger partial charge in [-0.1, -0.05) is 36.4 Å². The molecule has 8 nitrogen and oxygen atoms in total. The van der Waals surface area contributed by atoms with Crippen LogP contribution in [-0.4, -0.2) is 51.6 Å². The lowest BCUT2D eigenvalue weighted by molar-refractivity contribution is -0.140. The molecule has 1 saturated heterocycles. The Labute approximate surface area is 192 Å². The van der Waals surface area contributed by atoms with Crippen molar-refractivity contribution in [3.05, 3.63) is 65.2 Å². The molecule has 0 bridgehead atoms. The highest BCUT2D eigenvalue weighted by Gasteiger charge is 2.38. The molecule has 3 atom stereocenters. The van der Waals surface area contributed by atoms with Crippen LogP contribution in [0.4, 0.5) is 4.79 Å². The quantitative estimate of drug-likeness (QED) is 0.539. The predicted molar refractivity (Wildman–Crippen MR) is 122 cm³/mol. The average molecular weight is 452 g/mol.